The molecule has 1 aromatic heterocycles. The number of amides is 1. The summed E-state index contributed by atoms with van der Waals surface area (Å²) in [7, 11) is 0. The standard InChI is InChI=1S/C20H31N3O4/c1-3-20(4-2)7-8-23(14-20)12-15-5-6-17(19(25)22-15)18(24)21-11-16-13-26-9-10-27-16/h5-6,16H,3-4,7-14H2,1-2H3,(H,21,24)(H,22,25)/t16-/m0/s1. The van der Waals surface area contributed by atoms with E-state index >= 15 is 0 Å². The smallest absolute Gasteiger partial charge is 0.261 e. The van der Waals surface area contributed by atoms with Crippen LogP contribution in [0.15, 0.2) is 16.9 Å². The fourth-order valence-electron chi connectivity index (χ4n) is 3.97. The predicted molar refractivity (Wildman–Crippen MR) is 103 cm³/mol. The minimum absolute atomic E-state index is 0.133. The molecule has 2 aliphatic heterocycles. The van der Waals surface area contributed by atoms with Crippen LogP contribution < -0.4 is 10.9 Å². The van der Waals surface area contributed by atoms with Gasteiger partial charge >= 0.3 is 0 Å². The highest BCUT2D eigenvalue weighted by atomic mass is 16.6. The second-order valence-corrected chi connectivity index (χ2v) is 7.67. The first-order chi connectivity index (χ1) is 13.0. The first kappa shape index (κ1) is 20.0. The van der Waals surface area contributed by atoms with Crippen LogP contribution in [0.4, 0.5) is 0 Å². The SMILES string of the molecule is CCC1(CC)CCN(Cc2ccc(C(=O)NC[C@H]3COCCO3)c(=O)[nH]2)C1. The van der Waals surface area contributed by atoms with Crippen LogP contribution in [0.25, 0.3) is 0 Å². The molecular weight excluding hydrogens is 346 g/mol. The number of carbonyl (C=O) groups excluding carboxylic acids is 1. The van der Waals surface area contributed by atoms with Gasteiger partial charge in [-0.25, -0.2) is 0 Å². The van der Waals surface area contributed by atoms with Gasteiger partial charge in [-0.05, 0) is 43.4 Å². The average molecular weight is 377 g/mol. The van der Waals surface area contributed by atoms with Crippen molar-refractivity contribution in [3.05, 3.63) is 33.7 Å². The maximum Gasteiger partial charge on any atom is 0.261 e. The lowest BCUT2D eigenvalue weighted by Crippen LogP contribution is -2.41. The zero-order valence-electron chi connectivity index (χ0n) is 16.4. The van der Waals surface area contributed by atoms with Crippen LogP contribution in [0, 0.1) is 5.41 Å². The second kappa shape index (κ2) is 8.99. The molecule has 7 heteroatoms. The molecule has 0 spiro atoms. The van der Waals surface area contributed by atoms with E-state index in [0.717, 1.165) is 18.8 Å². The maximum absolute atomic E-state index is 12.4. The normalized spacial score (nSPS) is 22.7. The Morgan fingerprint density at radius 3 is 2.78 bits per heavy atom. The predicted octanol–water partition coefficient (Wildman–Crippen LogP) is 1.53. The summed E-state index contributed by atoms with van der Waals surface area (Å²) < 4.78 is 10.8. The van der Waals surface area contributed by atoms with E-state index in [4.69, 9.17) is 9.47 Å². The molecule has 2 N–H and O–H groups in total. The first-order valence-electron chi connectivity index (χ1n) is 9.97. The van der Waals surface area contributed by atoms with E-state index in [2.05, 4.69) is 29.0 Å². The number of aromatic amines is 1. The van der Waals surface area contributed by atoms with Crippen molar-refractivity contribution >= 4 is 5.91 Å². The molecule has 27 heavy (non-hydrogen) atoms. The second-order valence-electron chi connectivity index (χ2n) is 7.67. The Morgan fingerprint density at radius 2 is 2.15 bits per heavy atom. The molecule has 1 atom stereocenters. The number of rotatable bonds is 7. The highest BCUT2D eigenvalue weighted by molar-refractivity contribution is 5.93. The number of aromatic nitrogens is 1. The highest BCUT2D eigenvalue weighted by Gasteiger charge is 2.34. The van der Waals surface area contributed by atoms with Crippen molar-refractivity contribution in [2.45, 2.75) is 45.8 Å². The van der Waals surface area contributed by atoms with Gasteiger partial charge < -0.3 is 19.8 Å². The number of carbonyl (C=O) groups is 1. The quantitative estimate of drug-likeness (QED) is 0.753. The van der Waals surface area contributed by atoms with Gasteiger partial charge in [-0.1, -0.05) is 13.8 Å². The summed E-state index contributed by atoms with van der Waals surface area (Å²) in [6.45, 7) is 9.25. The van der Waals surface area contributed by atoms with E-state index < -0.39 is 0 Å². The van der Waals surface area contributed by atoms with Crippen LogP contribution in [0.1, 0.15) is 49.2 Å². The molecule has 1 amide bonds. The van der Waals surface area contributed by atoms with E-state index in [9.17, 15) is 9.59 Å². The van der Waals surface area contributed by atoms with Gasteiger partial charge in [-0.3, -0.25) is 14.5 Å². The van der Waals surface area contributed by atoms with Gasteiger partial charge in [0.05, 0.1) is 25.9 Å². The molecular formula is C20H31N3O4. The van der Waals surface area contributed by atoms with Crippen LogP contribution in [0.2, 0.25) is 0 Å². The number of ether oxygens (including phenoxy) is 2. The number of pyridine rings is 1. The third-order valence-electron chi connectivity index (χ3n) is 6.00. The largest absolute Gasteiger partial charge is 0.376 e. The van der Waals surface area contributed by atoms with Gasteiger partial charge in [0.1, 0.15) is 5.56 Å². The summed E-state index contributed by atoms with van der Waals surface area (Å²) in [5.74, 6) is -0.380. The van der Waals surface area contributed by atoms with Crippen molar-refractivity contribution < 1.29 is 14.3 Å². The molecule has 0 radical (unpaired) electrons. The minimum Gasteiger partial charge on any atom is -0.376 e. The third-order valence-corrected chi connectivity index (χ3v) is 6.00. The van der Waals surface area contributed by atoms with Crippen LogP contribution in [-0.4, -0.2) is 61.3 Å². The van der Waals surface area contributed by atoms with E-state index in [1.165, 1.54) is 19.3 Å². The van der Waals surface area contributed by atoms with E-state index in [1.54, 1.807) is 6.07 Å². The molecule has 7 nitrogen and oxygen atoms in total. The lowest BCUT2D eigenvalue weighted by atomic mass is 9.82. The summed E-state index contributed by atoms with van der Waals surface area (Å²) >= 11 is 0. The van der Waals surface area contributed by atoms with Gasteiger partial charge in [0, 0.05) is 25.3 Å². The van der Waals surface area contributed by atoms with Crippen LogP contribution in [0.5, 0.6) is 0 Å². The van der Waals surface area contributed by atoms with Crippen molar-refractivity contribution in [2.75, 3.05) is 39.5 Å². The highest BCUT2D eigenvalue weighted by Crippen LogP contribution is 2.37. The number of likely N-dealkylation sites (tertiary alicyclic amines) is 1. The monoisotopic (exact) mass is 377 g/mol. The van der Waals surface area contributed by atoms with Crippen molar-refractivity contribution in [3.8, 4) is 0 Å². The average Bonchev–Trinajstić information content (AvgIpc) is 3.11. The fraction of sp³-hybridized carbons (Fsp3) is 0.700. The summed E-state index contributed by atoms with van der Waals surface area (Å²) in [5.41, 5.74) is 1.05. The zero-order valence-corrected chi connectivity index (χ0v) is 16.4. The van der Waals surface area contributed by atoms with E-state index in [0.29, 0.717) is 38.3 Å². The van der Waals surface area contributed by atoms with Gasteiger partial charge in [0.2, 0.25) is 0 Å². The van der Waals surface area contributed by atoms with Crippen molar-refractivity contribution in [3.63, 3.8) is 0 Å². The summed E-state index contributed by atoms with van der Waals surface area (Å²) in [4.78, 5) is 29.9. The summed E-state index contributed by atoms with van der Waals surface area (Å²) in [6.07, 6.45) is 3.42. The van der Waals surface area contributed by atoms with Crippen LogP contribution in [-0.2, 0) is 16.0 Å². The number of hydrogen-bond donors (Lipinski definition) is 2. The lowest BCUT2D eigenvalue weighted by Gasteiger charge is -2.26. The topological polar surface area (TPSA) is 83.7 Å². The van der Waals surface area contributed by atoms with Crippen molar-refractivity contribution in [2.24, 2.45) is 5.41 Å². The maximum atomic E-state index is 12.4. The van der Waals surface area contributed by atoms with Crippen molar-refractivity contribution in [1.82, 2.24) is 15.2 Å². The van der Waals surface area contributed by atoms with E-state index in [-0.39, 0.29) is 23.1 Å². The molecule has 3 heterocycles. The molecule has 2 fully saturated rings. The Balaban J connectivity index is 1.55. The number of H-pyrrole nitrogens is 1. The summed E-state index contributed by atoms with van der Waals surface area (Å²) in [6, 6.07) is 3.46. The molecule has 0 aromatic carbocycles. The lowest BCUT2D eigenvalue weighted by molar-refractivity contribution is -0.0855. The van der Waals surface area contributed by atoms with E-state index in [1.807, 2.05) is 6.07 Å². The van der Waals surface area contributed by atoms with Gasteiger partial charge in [0.25, 0.3) is 11.5 Å². The molecule has 0 unspecified atom stereocenters. The molecule has 1 aromatic rings. The number of nitrogens with zero attached hydrogens (tertiary/aromatic N) is 1. The zero-order chi connectivity index (χ0) is 19.3. The third kappa shape index (κ3) is 4.97. The molecule has 0 aliphatic carbocycles. The molecule has 2 saturated heterocycles. The number of nitrogens with one attached hydrogen (secondary N) is 2. The Hall–Kier alpha value is -1.70. The summed E-state index contributed by atoms with van der Waals surface area (Å²) in [5, 5.41) is 2.75. The van der Waals surface area contributed by atoms with Gasteiger partial charge in [-0.15, -0.1) is 0 Å². The Morgan fingerprint density at radius 1 is 1.33 bits per heavy atom. The molecule has 0 saturated carbocycles. The van der Waals surface area contributed by atoms with Gasteiger partial charge in [-0.2, -0.15) is 0 Å². The number of hydrogen-bond acceptors (Lipinski definition) is 5. The minimum atomic E-state index is -0.380. The van der Waals surface area contributed by atoms with Crippen molar-refractivity contribution in [1.29, 1.82) is 0 Å². The first-order valence-corrected chi connectivity index (χ1v) is 9.97. The van der Waals surface area contributed by atoms with Crippen LogP contribution in [0.3, 0.4) is 0 Å². The van der Waals surface area contributed by atoms with Gasteiger partial charge in [0.15, 0.2) is 0 Å². The Labute approximate surface area is 160 Å². The Kier molecular flexibility index (Phi) is 6.68. The van der Waals surface area contributed by atoms with Crippen LogP contribution >= 0.6 is 0 Å². The fourth-order valence-corrected chi connectivity index (χ4v) is 3.97. The Bertz CT molecular complexity index is 693. The molecule has 3 rings (SSSR count). The molecule has 150 valence electrons. The molecule has 0 bridgehead atoms. The molecule has 2 aliphatic rings.